The predicted octanol–water partition coefficient (Wildman–Crippen LogP) is 4.07. The van der Waals surface area contributed by atoms with E-state index in [1.165, 1.54) is 11.3 Å². The third-order valence-corrected chi connectivity index (χ3v) is 5.02. The minimum absolute atomic E-state index is 0.249. The van der Waals surface area contributed by atoms with Crippen LogP contribution in [0.25, 0.3) is 0 Å². The molecular weight excluding hydrogens is 407 g/mol. The highest BCUT2D eigenvalue weighted by Gasteiger charge is 2.12. The van der Waals surface area contributed by atoms with Crippen LogP contribution in [-0.4, -0.2) is 28.6 Å². The Kier molecular flexibility index (Phi) is 6.39. The van der Waals surface area contributed by atoms with Crippen molar-refractivity contribution < 1.29 is 9.59 Å². The number of amides is 2. The molecule has 6 nitrogen and oxygen atoms in total. The first-order valence-corrected chi connectivity index (χ1v) is 9.52. The fourth-order valence-electron chi connectivity index (χ4n) is 2.20. The second-order valence-corrected chi connectivity index (χ2v) is 7.35. The third-order valence-electron chi connectivity index (χ3n) is 3.54. The van der Waals surface area contributed by atoms with Gasteiger partial charge in [0.1, 0.15) is 5.01 Å². The molecule has 0 saturated heterocycles. The van der Waals surface area contributed by atoms with Crippen molar-refractivity contribution in [1.82, 2.24) is 15.5 Å². The summed E-state index contributed by atoms with van der Waals surface area (Å²) in [5, 5.41) is 15.5. The number of nitrogens with zero attached hydrogens (tertiary/aromatic N) is 2. The van der Waals surface area contributed by atoms with E-state index in [2.05, 4.69) is 20.8 Å². The maximum absolute atomic E-state index is 12.1. The Bertz CT molecular complexity index is 960. The molecule has 3 aromatic rings. The summed E-state index contributed by atoms with van der Waals surface area (Å²) in [7, 11) is 0. The average molecular weight is 421 g/mol. The van der Waals surface area contributed by atoms with Crippen LogP contribution < -0.4 is 10.6 Å². The Hall–Kier alpha value is -2.48. The number of nitrogens with one attached hydrogen (secondary N) is 2. The standard InChI is InChI=1S/C18H14Cl2N4O2S/c19-12-7-5-11(6-8-12)16(25)22-18-24-23-15(27-18)9-10-21-17(26)13-3-1-2-4-14(13)20/h1-8H,9-10H2,(H,21,26)(H,22,24,25). The topological polar surface area (TPSA) is 84.0 Å². The van der Waals surface area contributed by atoms with Crippen LogP contribution in [0.4, 0.5) is 5.13 Å². The number of rotatable bonds is 6. The van der Waals surface area contributed by atoms with Gasteiger partial charge in [-0.2, -0.15) is 0 Å². The molecule has 0 atom stereocenters. The van der Waals surface area contributed by atoms with Gasteiger partial charge in [0, 0.05) is 23.6 Å². The second kappa shape index (κ2) is 8.94. The average Bonchev–Trinajstić information content (AvgIpc) is 3.09. The van der Waals surface area contributed by atoms with Gasteiger partial charge < -0.3 is 5.32 Å². The van der Waals surface area contributed by atoms with Crippen LogP contribution in [0.1, 0.15) is 25.7 Å². The molecule has 0 aliphatic carbocycles. The molecule has 0 radical (unpaired) electrons. The lowest BCUT2D eigenvalue weighted by atomic mass is 10.2. The van der Waals surface area contributed by atoms with Crippen molar-refractivity contribution in [2.75, 3.05) is 11.9 Å². The van der Waals surface area contributed by atoms with Crippen LogP contribution in [0.2, 0.25) is 10.0 Å². The number of carbonyl (C=O) groups is 2. The largest absolute Gasteiger partial charge is 0.352 e. The molecule has 0 aliphatic heterocycles. The Balaban J connectivity index is 1.51. The summed E-state index contributed by atoms with van der Waals surface area (Å²) in [6, 6.07) is 13.4. The third kappa shape index (κ3) is 5.26. The van der Waals surface area contributed by atoms with Gasteiger partial charge in [0.25, 0.3) is 11.8 Å². The van der Waals surface area contributed by atoms with Crippen LogP contribution in [0.15, 0.2) is 48.5 Å². The molecule has 2 amide bonds. The number of aromatic nitrogens is 2. The van der Waals surface area contributed by atoms with Crippen molar-refractivity contribution in [3.63, 3.8) is 0 Å². The normalized spacial score (nSPS) is 10.4. The molecule has 0 bridgehead atoms. The first kappa shape index (κ1) is 19.3. The van der Waals surface area contributed by atoms with Gasteiger partial charge >= 0.3 is 0 Å². The molecule has 0 spiro atoms. The van der Waals surface area contributed by atoms with E-state index in [0.29, 0.717) is 44.3 Å². The van der Waals surface area contributed by atoms with Crippen LogP contribution in [0, 0.1) is 0 Å². The highest BCUT2D eigenvalue weighted by Crippen LogP contribution is 2.18. The molecule has 0 saturated carbocycles. The summed E-state index contributed by atoms with van der Waals surface area (Å²) in [6.45, 7) is 0.379. The van der Waals surface area contributed by atoms with Crippen molar-refractivity contribution in [3.8, 4) is 0 Å². The number of benzene rings is 2. The van der Waals surface area contributed by atoms with E-state index >= 15 is 0 Å². The molecule has 1 heterocycles. The molecule has 138 valence electrons. The maximum atomic E-state index is 12.1. The summed E-state index contributed by atoms with van der Waals surface area (Å²) in [4.78, 5) is 24.2. The molecule has 2 aromatic carbocycles. The Morgan fingerprint density at radius 1 is 0.963 bits per heavy atom. The fourth-order valence-corrected chi connectivity index (χ4v) is 3.28. The van der Waals surface area contributed by atoms with E-state index in [1.54, 1.807) is 48.5 Å². The number of carbonyl (C=O) groups excluding carboxylic acids is 2. The second-order valence-electron chi connectivity index (χ2n) is 5.45. The van der Waals surface area contributed by atoms with Crippen molar-refractivity contribution in [2.24, 2.45) is 0 Å². The van der Waals surface area contributed by atoms with Crippen LogP contribution in [0.3, 0.4) is 0 Å². The molecule has 0 aliphatic rings. The van der Waals surface area contributed by atoms with Gasteiger partial charge in [0.05, 0.1) is 10.6 Å². The van der Waals surface area contributed by atoms with E-state index in [1.807, 2.05) is 0 Å². The molecule has 0 fully saturated rings. The minimum Gasteiger partial charge on any atom is -0.352 e. The maximum Gasteiger partial charge on any atom is 0.257 e. The van der Waals surface area contributed by atoms with Gasteiger partial charge in [-0.05, 0) is 36.4 Å². The number of anilines is 1. The number of hydrogen-bond acceptors (Lipinski definition) is 5. The summed E-state index contributed by atoms with van der Waals surface area (Å²) in [5.74, 6) is -0.539. The zero-order chi connectivity index (χ0) is 19.2. The van der Waals surface area contributed by atoms with Gasteiger partial charge in [-0.1, -0.05) is 46.7 Å². The zero-order valence-electron chi connectivity index (χ0n) is 13.9. The Morgan fingerprint density at radius 3 is 2.44 bits per heavy atom. The summed E-state index contributed by atoms with van der Waals surface area (Å²) >= 11 is 13.1. The summed E-state index contributed by atoms with van der Waals surface area (Å²) in [6.07, 6.45) is 0.491. The molecule has 1 aromatic heterocycles. The first-order valence-electron chi connectivity index (χ1n) is 7.95. The molecule has 2 N–H and O–H groups in total. The Morgan fingerprint density at radius 2 is 1.70 bits per heavy atom. The Labute approximate surface area is 169 Å². The number of hydrogen-bond donors (Lipinski definition) is 2. The molecule has 27 heavy (non-hydrogen) atoms. The van der Waals surface area contributed by atoms with Gasteiger partial charge in [0.15, 0.2) is 0 Å². The van der Waals surface area contributed by atoms with E-state index in [0.717, 1.165) is 0 Å². The zero-order valence-corrected chi connectivity index (χ0v) is 16.2. The van der Waals surface area contributed by atoms with Crippen LogP contribution in [0.5, 0.6) is 0 Å². The van der Waals surface area contributed by atoms with E-state index < -0.39 is 0 Å². The quantitative estimate of drug-likeness (QED) is 0.629. The van der Waals surface area contributed by atoms with Crippen molar-refractivity contribution in [2.45, 2.75) is 6.42 Å². The van der Waals surface area contributed by atoms with Crippen molar-refractivity contribution >= 4 is 51.5 Å². The molecular formula is C18H14Cl2N4O2S. The predicted molar refractivity (Wildman–Crippen MR) is 107 cm³/mol. The minimum atomic E-state index is -0.290. The SMILES string of the molecule is O=C(Nc1nnc(CCNC(=O)c2ccccc2Cl)s1)c1ccc(Cl)cc1. The molecule has 9 heteroatoms. The fraction of sp³-hybridized carbons (Fsp3) is 0.111. The lowest BCUT2D eigenvalue weighted by Gasteiger charge is -2.05. The highest BCUT2D eigenvalue weighted by atomic mass is 35.5. The number of halogens is 2. The van der Waals surface area contributed by atoms with Crippen LogP contribution in [-0.2, 0) is 6.42 Å². The monoisotopic (exact) mass is 420 g/mol. The van der Waals surface area contributed by atoms with Gasteiger partial charge in [-0.3, -0.25) is 14.9 Å². The summed E-state index contributed by atoms with van der Waals surface area (Å²) < 4.78 is 0. The van der Waals surface area contributed by atoms with E-state index in [4.69, 9.17) is 23.2 Å². The van der Waals surface area contributed by atoms with E-state index in [-0.39, 0.29) is 11.8 Å². The van der Waals surface area contributed by atoms with Crippen molar-refractivity contribution in [1.29, 1.82) is 0 Å². The summed E-state index contributed by atoms with van der Waals surface area (Å²) in [5.41, 5.74) is 0.899. The highest BCUT2D eigenvalue weighted by molar-refractivity contribution is 7.15. The van der Waals surface area contributed by atoms with E-state index in [9.17, 15) is 9.59 Å². The van der Waals surface area contributed by atoms with Gasteiger partial charge in [0.2, 0.25) is 5.13 Å². The van der Waals surface area contributed by atoms with Crippen molar-refractivity contribution in [3.05, 3.63) is 74.7 Å². The van der Waals surface area contributed by atoms with Gasteiger partial charge in [-0.15, -0.1) is 10.2 Å². The van der Waals surface area contributed by atoms with Gasteiger partial charge in [-0.25, -0.2) is 0 Å². The lowest BCUT2D eigenvalue weighted by Crippen LogP contribution is -2.25. The lowest BCUT2D eigenvalue weighted by molar-refractivity contribution is 0.0953. The first-order chi connectivity index (χ1) is 13.0. The van der Waals surface area contributed by atoms with Crippen LogP contribution >= 0.6 is 34.5 Å². The molecule has 3 rings (SSSR count). The molecule has 0 unspecified atom stereocenters. The smallest absolute Gasteiger partial charge is 0.257 e.